The fraction of sp³-hybridized carbons (Fsp3) is 0.323. The fourth-order valence-corrected chi connectivity index (χ4v) is 5.66. The molecule has 10 heteroatoms. The van der Waals surface area contributed by atoms with E-state index in [0.29, 0.717) is 42.3 Å². The lowest BCUT2D eigenvalue weighted by Gasteiger charge is -2.32. The Bertz CT molecular complexity index is 1530. The van der Waals surface area contributed by atoms with Crippen LogP contribution in [0.15, 0.2) is 65.7 Å². The maximum atomic E-state index is 13.3. The largest absolute Gasteiger partial charge is 0.465 e. The normalized spacial score (nSPS) is 19.1. The topological polar surface area (TPSA) is 107 Å². The highest BCUT2D eigenvalue weighted by Gasteiger charge is 2.36. The number of likely N-dealkylation sites (N-methyl/N-ethyl adjacent to an activating group) is 1. The number of aromatic nitrogens is 1. The number of carbonyl (C=O) groups is 3. The van der Waals surface area contributed by atoms with E-state index in [1.807, 2.05) is 41.3 Å². The predicted octanol–water partition coefficient (Wildman–Crippen LogP) is 2.86. The number of ether oxygens (including phenoxy) is 1. The highest BCUT2D eigenvalue weighted by atomic mass is 16.5. The first-order chi connectivity index (χ1) is 19.9. The zero-order valence-electron chi connectivity index (χ0n) is 23.2. The van der Waals surface area contributed by atoms with Crippen molar-refractivity contribution < 1.29 is 19.1 Å². The van der Waals surface area contributed by atoms with Crippen molar-refractivity contribution in [2.45, 2.75) is 12.3 Å². The summed E-state index contributed by atoms with van der Waals surface area (Å²) < 4.78 is 4.83. The minimum absolute atomic E-state index is 0.0851. The molecule has 0 saturated carbocycles. The van der Waals surface area contributed by atoms with Gasteiger partial charge < -0.3 is 19.9 Å². The third kappa shape index (κ3) is 5.36. The van der Waals surface area contributed by atoms with Gasteiger partial charge in [-0.1, -0.05) is 36.4 Å². The summed E-state index contributed by atoms with van der Waals surface area (Å²) >= 11 is 0. The minimum Gasteiger partial charge on any atom is -0.465 e. The molecule has 3 aliphatic heterocycles. The monoisotopic (exact) mass is 552 g/mol. The lowest BCUT2D eigenvalue weighted by Crippen LogP contribution is -2.48. The van der Waals surface area contributed by atoms with Crippen LogP contribution in [-0.2, 0) is 20.7 Å². The highest BCUT2D eigenvalue weighted by Crippen LogP contribution is 2.37. The number of hydrogen-bond donors (Lipinski definition) is 1. The quantitative estimate of drug-likeness (QED) is 0.370. The average molecular weight is 553 g/mol. The number of hydrogen-bond acceptors (Lipinski definition) is 8. The molecule has 2 aromatic carbocycles. The Hall–Kier alpha value is -4.41. The van der Waals surface area contributed by atoms with Crippen LogP contribution < -0.4 is 10.2 Å². The Balaban J connectivity index is 1.30. The van der Waals surface area contributed by atoms with E-state index in [1.54, 1.807) is 24.3 Å². The first kappa shape index (κ1) is 26.8. The summed E-state index contributed by atoms with van der Waals surface area (Å²) in [6.45, 7) is 4.70. The van der Waals surface area contributed by atoms with Gasteiger partial charge in [-0.25, -0.2) is 14.8 Å². The van der Waals surface area contributed by atoms with E-state index in [1.165, 1.54) is 7.11 Å². The highest BCUT2D eigenvalue weighted by molar-refractivity contribution is 6.24. The van der Waals surface area contributed by atoms with E-state index >= 15 is 0 Å². The van der Waals surface area contributed by atoms with Gasteiger partial charge in [0.05, 0.1) is 36.3 Å². The molecule has 10 nitrogen and oxygen atoms in total. The Morgan fingerprint density at radius 3 is 2.54 bits per heavy atom. The van der Waals surface area contributed by atoms with Crippen LogP contribution >= 0.6 is 0 Å². The second kappa shape index (κ2) is 11.2. The standard InChI is InChI=1S/C31H32N6O4/c1-35-14-16-36(17-15-35)19-27(38)37-13-12-23-25(37)10-11-26(32-23)34-29(20-6-4-3-5-7-20)28-22-9-8-21(31(40)41-2)18-24(22)33-30(28)39/h3-11,18,28H,12-17,19H2,1-2H3,(H,33,39). The van der Waals surface area contributed by atoms with Crippen molar-refractivity contribution in [3.63, 3.8) is 0 Å². The molecule has 0 spiro atoms. The van der Waals surface area contributed by atoms with Gasteiger partial charge in [0, 0.05) is 44.8 Å². The molecule has 1 aromatic heterocycles. The lowest BCUT2D eigenvalue weighted by molar-refractivity contribution is -0.120. The maximum absolute atomic E-state index is 13.3. The minimum atomic E-state index is -0.684. The van der Waals surface area contributed by atoms with E-state index in [2.05, 4.69) is 22.2 Å². The molecule has 3 aliphatic rings. The molecule has 2 amide bonds. The first-order valence-electron chi connectivity index (χ1n) is 13.8. The Labute approximate surface area is 238 Å². The van der Waals surface area contributed by atoms with Gasteiger partial charge in [0.25, 0.3) is 0 Å². The van der Waals surface area contributed by atoms with Crippen molar-refractivity contribution >= 4 is 40.7 Å². The van der Waals surface area contributed by atoms with Crippen molar-refractivity contribution in [3.8, 4) is 0 Å². The SMILES string of the molecule is COC(=O)c1ccc2c(c1)NC(=O)C2C(=Nc1ccc2c(n1)CCN2C(=O)CN1CCN(C)CC1)c1ccccc1. The van der Waals surface area contributed by atoms with Gasteiger partial charge in [-0.05, 0) is 42.4 Å². The summed E-state index contributed by atoms with van der Waals surface area (Å²) in [6.07, 6.45) is 0.650. The van der Waals surface area contributed by atoms with Crippen molar-refractivity contribution in [3.05, 3.63) is 83.0 Å². The summed E-state index contributed by atoms with van der Waals surface area (Å²) in [5.41, 5.74) is 4.64. The van der Waals surface area contributed by atoms with Crippen LogP contribution in [-0.4, -0.2) is 91.7 Å². The second-order valence-electron chi connectivity index (χ2n) is 10.6. The van der Waals surface area contributed by atoms with Gasteiger partial charge in [0.1, 0.15) is 5.92 Å². The molecular formula is C31H32N6O4. The van der Waals surface area contributed by atoms with E-state index < -0.39 is 11.9 Å². The lowest BCUT2D eigenvalue weighted by atomic mass is 9.90. The summed E-state index contributed by atoms with van der Waals surface area (Å²) in [6, 6.07) is 18.3. The Morgan fingerprint density at radius 1 is 1.00 bits per heavy atom. The van der Waals surface area contributed by atoms with Crippen molar-refractivity contribution in [1.29, 1.82) is 0 Å². The number of anilines is 2. The third-order valence-electron chi connectivity index (χ3n) is 7.94. The molecular weight excluding hydrogens is 520 g/mol. The summed E-state index contributed by atoms with van der Waals surface area (Å²) in [7, 11) is 3.42. The Kier molecular flexibility index (Phi) is 7.34. The number of methoxy groups -OCH3 is 1. The van der Waals surface area contributed by atoms with Crippen LogP contribution in [0.25, 0.3) is 0 Å². The van der Waals surface area contributed by atoms with E-state index in [-0.39, 0.29) is 11.8 Å². The molecule has 1 atom stereocenters. The number of piperazine rings is 1. The molecule has 0 radical (unpaired) electrons. The number of aliphatic imine (C=N–C) groups is 1. The molecule has 6 rings (SSSR count). The molecule has 1 N–H and O–H groups in total. The van der Waals surface area contributed by atoms with Crippen LogP contribution in [0.4, 0.5) is 17.2 Å². The van der Waals surface area contributed by atoms with Crippen molar-refractivity contribution in [1.82, 2.24) is 14.8 Å². The molecule has 210 valence electrons. The molecule has 41 heavy (non-hydrogen) atoms. The third-order valence-corrected chi connectivity index (χ3v) is 7.94. The number of amides is 2. The van der Waals surface area contributed by atoms with Gasteiger partial charge in [-0.2, -0.15) is 0 Å². The average Bonchev–Trinajstić information content (AvgIpc) is 3.56. The number of nitrogens with one attached hydrogen (secondary N) is 1. The van der Waals surface area contributed by atoms with Gasteiger partial charge in [0.15, 0.2) is 5.82 Å². The zero-order chi connectivity index (χ0) is 28.5. The number of benzene rings is 2. The fourth-order valence-electron chi connectivity index (χ4n) is 5.66. The van der Waals surface area contributed by atoms with Crippen molar-refractivity contribution in [2.75, 3.05) is 63.6 Å². The smallest absolute Gasteiger partial charge is 0.337 e. The van der Waals surface area contributed by atoms with E-state index in [4.69, 9.17) is 14.7 Å². The number of pyridine rings is 1. The first-order valence-corrected chi connectivity index (χ1v) is 13.8. The summed E-state index contributed by atoms with van der Waals surface area (Å²) in [5, 5.41) is 2.90. The predicted molar refractivity (Wildman–Crippen MR) is 156 cm³/mol. The van der Waals surface area contributed by atoms with Crippen LogP contribution in [0.3, 0.4) is 0 Å². The molecule has 1 saturated heterocycles. The molecule has 0 aliphatic carbocycles. The number of fused-ring (bicyclic) bond motifs is 2. The molecule has 1 fully saturated rings. The molecule has 4 heterocycles. The number of esters is 1. The second-order valence-corrected chi connectivity index (χ2v) is 10.6. The van der Waals surface area contributed by atoms with Gasteiger partial charge >= 0.3 is 5.97 Å². The summed E-state index contributed by atoms with van der Waals surface area (Å²) in [4.78, 5) is 54.5. The number of rotatable bonds is 6. The molecule has 3 aromatic rings. The molecule has 1 unspecified atom stereocenters. The maximum Gasteiger partial charge on any atom is 0.337 e. The van der Waals surface area contributed by atoms with Gasteiger partial charge in [-0.3, -0.25) is 14.5 Å². The number of carbonyl (C=O) groups excluding carboxylic acids is 3. The van der Waals surface area contributed by atoms with Crippen LogP contribution in [0.5, 0.6) is 0 Å². The Morgan fingerprint density at radius 2 is 1.78 bits per heavy atom. The van der Waals surface area contributed by atoms with Crippen LogP contribution in [0, 0.1) is 0 Å². The van der Waals surface area contributed by atoms with Crippen LogP contribution in [0.2, 0.25) is 0 Å². The zero-order valence-corrected chi connectivity index (χ0v) is 23.2. The van der Waals surface area contributed by atoms with E-state index in [9.17, 15) is 14.4 Å². The number of nitrogens with zero attached hydrogens (tertiary/aromatic N) is 5. The van der Waals surface area contributed by atoms with Crippen LogP contribution in [0.1, 0.15) is 33.1 Å². The van der Waals surface area contributed by atoms with Gasteiger partial charge in [-0.15, -0.1) is 0 Å². The van der Waals surface area contributed by atoms with Crippen molar-refractivity contribution in [2.24, 2.45) is 4.99 Å². The molecule has 0 bridgehead atoms. The summed E-state index contributed by atoms with van der Waals surface area (Å²) in [5.74, 6) is -0.826. The van der Waals surface area contributed by atoms with E-state index in [0.717, 1.165) is 48.7 Å². The van der Waals surface area contributed by atoms with Gasteiger partial charge in [0.2, 0.25) is 11.8 Å².